The first-order chi connectivity index (χ1) is 14.9. The first kappa shape index (κ1) is 21.9. The van der Waals surface area contributed by atoms with Crippen molar-refractivity contribution in [3.8, 4) is 17.2 Å². The molecule has 0 fully saturated rings. The van der Waals surface area contributed by atoms with Gasteiger partial charge < -0.3 is 20.1 Å². The molecule has 0 heterocycles. The number of hydrogen-bond acceptors (Lipinski definition) is 4. The molecule has 0 saturated carbocycles. The van der Waals surface area contributed by atoms with Gasteiger partial charge in [0.1, 0.15) is 11.5 Å². The second kappa shape index (κ2) is 10.3. The molecule has 0 atom stereocenters. The van der Waals surface area contributed by atoms with Crippen LogP contribution in [-0.2, 0) is 4.79 Å². The van der Waals surface area contributed by atoms with E-state index in [1.807, 2.05) is 45.0 Å². The molecule has 0 bridgehead atoms. The van der Waals surface area contributed by atoms with Crippen LogP contribution >= 0.6 is 0 Å². The van der Waals surface area contributed by atoms with Crippen molar-refractivity contribution in [3.63, 3.8) is 0 Å². The van der Waals surface area contributed by atoms with E-state index < -0.39 is 0 Å². The maximum absolute atomic E-state index is 12.4. The smallest absolute Gasteiger partial charge is 0.251 e. The highest BCUT2D eigenvalue weighted by Crippen LogP contribution is 2.30. The number of ether oxygens (including phenoxy) is 2. The molecule has 6 heteroatoms. The molecule has 2 amide bonds. The van der Waals surface area contributed by atoms with Gasteiger partial charge in [-0.2, -0.15) is 0 Å². The van der Waals surface area contributed by atoms with Gasteiger partial charge in [0.15, 0.2) is 5.75 Å². The molecule has 0 radical (unpaired) electrons. The number of anilines is 1. The molecular weight excluding hydrogens is 392 g/mol. The Balaban J connectivity index is 1.60. The van der Waals surface area contributed by atoms with Crippen molar-refractivity contribution in [3.05, 3.63) is 83.4 Å². The van der Waals surface area contributed by atoms with E-state index in [1.54, 1.807) is 42.5 Å². The molecule has 0 aromatic heterocycles. The highest BCUT2D eigenvalue weighted by Gasteiger charge is 2.12. The minimum Gasteiger partial charge on any atom is -0.494 e. The first-order valence-electron chi connectivity index (χ1n) is 10.1. The predicted molar refractivity (Wildman–Crippen MR) is 121 cm³/mol. The minimum atomic E-state index is -0.347. The van der Waals surface area contributed by atoms with E-state index in [9.17, 15) is 9.59 Å². The number of rotatable bonds is 8. The van der Waals surface area contributed by atoms with Crippen LogP contribution in [0.3, 0.4) is 0 Å². The van der Waals surface area contributed by atoms with Crippen molar-refractivity contribution in [1.82, 2.24) is 5.32 Å². The lowest BCUT2D eigenvalue weighted by Gasteiger charge is -2.13. The average molecular weight is 418 g/mol. The van der Waals surface area contributed by atoms with Crippen LogP contribution in [-0.4, -0.2) is 25.0 Å². The number of hydrogen-bond donors (Lipinski definition) is 2. The van der Waals surface area contributed by atoms with Crippen molar-refractivity contribution in [1.29, 1.82) is 0 Å². The van der Waals surface area contributed by atoms with Gasteiger partial charge in [0.25, 0.3) is 5.91 Å². The average Bonchev–Trinajstić information content (AvgIpc) is 2.74. The molecule has 0 aliphatic carbocycles. The van der Waals surface area contributed by atoms with E-state index in [2.05, 4.69) is 10.6 Å². The molecular formula is C25H26N2O4. The van der Waals surface area contributed by atoms with Crippen LogP contribution in [0.2, 0.25) is 0 Å². The van der Waals surface area contributed by atoms with Crippen LogP contribution in [0.25, 0.3) is 0 Å². The highest BCUT2D eigenvalue weighted by molar-refractivity contribution is 6.00. The van der Waals surface area contributed by atoms with Gasteiger partial charge >= 0.3 is 0 Å². The van der Waals surface area contributed by atoms with Crippen molar-refractivity contribution in [2.24, 2.45) is 0 Å². The topological polar surface area (TPSA) is 76.7 Å². The molecule has 3 aromatic carbocycles. The Labute approximate surface area is 182 Å². The van der Waals surface area contributed by atoms with E-state index in [0.29, 0.717) is 29.4 Å². The maximum Gasteiger partial charge on any atom is 0.251 e. The van der Waals surface area contributed by atoms with Gasteiger partial charge in [0, 0.05) is 5.56 Å². The summed E-state index contributed by atoms with van der Waals surface area (Å²) in [6.45, 7) is 6.22. The number of carbonyl (C=O) groups excluding carboxylic acids is 2. The SMILES string of the molecule is CCOc1ccc(Oc2ccccc2NC(=O)CNC(=O)c2cc(C)cc(C)c2)cc1. The van der Waals surface area contributed by atoms with Crippen LogP contribution in [0.15, 0.2) is 66.7 Å². The molecule has 2 N–H and O–H groups in total. The van der Waals surface area contributed by atoms with Crippen LogP contribution in [0, 0.1) is 13.8 Å². The van der Waals surface area contributed by atoms with Gasteiger partial charge in [-0.05, 0) is 69.3 Å². The highest BCUT2D eigenvalue weighted by atomic mass is 16.5. The standard InChI is InChI=1S/C25H26N2O4/c1-4-30-20-9-11-21(12-10-20)31-23-8-6-5-7-22(23)27-24(28)16-26-25(29)19-14-17(2)13-18(3)15-19/h5-15H,4,16H2,1-3H3,(H,26,29)(H,27,28). The largest absolute Gasteiger partial charge is 0.494 e. The van der Waals surface area contributed by atoms with Crippen molar-refractivity contribution < 1.29 is 19.1 Å². The number of aryl methyl sites for hydroxylation is 2. The lowest BCUT2D eigenvalue weighted by molar-refractivity contribution is -0.115. The maximum atomic E-state index is 12.4. The van der Waals surface area contributed by atoms with Gasteiger partial charge in [-0.1, -0.05) is 29.3 Å². The normalized spacial score (nSPS) is 10.3. The van der Waals surface area contributed by atoms with Gasteiger partial charge in [0.2, 0.25) is 5.91 Å². The molecule has 6 nitrogen and oxygen atoms in total. The molecule has 0 aliphatic heterocycles. The summed E-state index contributed by atoms with van der Waals surface area (Å²) >= 11 is 0. The second-order valence-electron chi connectivity index (χ2n) is 7.11. The Bertz CT molecular complexity index is 1040. The van der Waals surface area contributed by atoms with E-state index in [1.165, 1.54) is 0 Å². The fraction of sp³-hybridized carbons (Fsp3) is 0.200. The van der Waals surface area contributed by atoms with Gasteiger partial charge in [-0.3, -0.25) is 9.59 Å². The molecule has 31 heavy (non-hydrogen) atoms. The fourth-order valence-corrected chi connectivity index (χ4v) is 3.12. The van der Waals surface area contributed by atoms with Crippen LogP contribution in [0.4, 0.5) is 5.69 Å². The summed E-state index contributed by atoms with van der Waals surface area (Å²) < 4.78 is 11.3. The third kappa shape index (κ3) is 6.34. The van der Waals surface area contributed by atoms with Crippen LogP contribution < -0.4 is 20.1 Å². The zero-order chi connectivity index (χ0) is 22.2. The monoisotopic (exact) mass is 418 g/mol. The Kier molecular flexibility index (Phi) is 7.27. The molecule has 0 aliphatic rings. The van der Waals surface area contributed by atoms with Gasteiger partial charge in [-0.15, -0.1) is 0 Å². The summed E-state index contributed by atoms with van der Waals surface area (Å²) in [5, 5.41) is 5.44. The number of amides is 2. The number of benzene rings is 3. The molecule has 0 unspecified atom stereocenters. The van der Waals surface area contributed by atoms with Crippen molar-refractivity contribution in [2.45, 2.75) is 20.8 Å². The predicted octanol–water partition coefficient (Wildman–Crippen LogP) is 4.86. The zero-order valence-electron chi connectivity index (χ0n) is 17.9. The van der Waals surface area contributed by atoms with Crippen molar-refractivity contribution in [2.75, 3.05) is 18.5 Å². The summed E-state index contributed by atoms with van der Waals surface area (Å²) in [6, 6.07) is 19.9. The molecule has 3 rings (SSSR count). The Morgan fingerprint density at radius 3 is 2.19 bits per heavy atom. The Morgan fingerprint density at radius 2 is 1.52 bits per heavy atom. The molecule has 3 aromatic rings. The van der Waals surface area contributed by atoms with E-state index in [-0.39, 0.29) is 18.4 Å². The Morgan fingerprint density at radius 1 is 0.871 bits per heavy atom. The summed E-state index contributed by atoms with van der Waals surface area (Å²) in [4.78, 5) is 24.8. The quantitative estimate of drug-likeness (QED) is 0.548. The zero-order valence-corrected chi connectivity index (χ0v) is 17.9. The molecule has 0 spiro atoms. The number of para-hydroxylation sites is 2. The van der Waals surface area contributed by atoms with Crippen LogP contribution in [0.5, 0.6) is 17.2 Å². The third-order valence-corrected chi connectivity index (χ3v) is 4.42. The lowest BCUT2D eigenvalue weighted by atomic mass is 10.1. The van der Waals surface area contributed by atoms with E-state index >= 15 is 0 Å². The Hall–Kier alpha value is -3.80. The summed E-state index contributed by atoms with van der Waals surface area (Å²) in [6.07, 6.45) is 0. The van der Waals surface area contributed by atoms with Crippen molar-refractivity contribution >= 4 is 17.5 Å². The fourth-order valence-electron chi connectivity index (χ4n) is 3.12. The first-order valence-corrected chi connectivity index (χ1v) is 10.1. The minimum absolute atomic E-state index is 0.150. The number of carbonyl (C=O) groups is 2. The van der Waals surface area contributed by atoms with Crippen LogP contribution in [0.1, 0.15) is 28.4 Å². The molecule has 160 valence electrons. The molecule has 0 saturated heterocycles. The van der Waals surface area contributed by atoms with E-state index in [0.717, 1.165) is 16.9 Å². The van der Waals surface area contributed by atoms with Gasteiger partial charge in [0.05, 0.1) is 18.8 Å². The summed E-state index contributed by atoms with van der Waals surface area (Å²) in [5.41, 5.74) is 3.04. The second-order valence-corrected chi connectivity index (χ2v) is 7.11. The van der Waals surface area contributed by atoms with Gasteiger partial charge in [-0.25, -0.2) is 0 Å². The summed E-state index contributed by atoms with van der Waals surface area (Å²) in [7, 11) is 0. The van der Waals surface area contributed by atoms with E-state index in [4.69, 9.17) is 9.47 Å². The lowest BCUT2D eigenvalue weighted by Crippen LogP contribution is -2.33. The third-order valence-electron chi connectivity index (χ3n) is 4.42. The summed E-state index contributed by atoms with van der Waals surface area (Å²) in [5.74, 6) is 1.24. The number of nitrogens with one attached hydrogen (secondary N) is 2.